The Balaban J connectivity index is 1.75. The molecule has 2 aromatic rings. The highest BCUT2D eigenvalue weighted by molar-refractivity contribution is 5.25. The van der Waals surface area contributed by atoms with Crippen molar-refractivity contribution in [2.24, 2.45) is 0 Å². The first-order valence-corrected chi connectivity index (χ1v) is 7.69. The van der Waals surface area contributed by atoms with E-state index < -0.39 is 0 Å². The number of nitrogens with zero attached hydrogens (tertiary/aromatic N) is 2. The van der Waals surface area contributed by atoms with Gasteiger partial charge in [-0.25, -0.2) is 4.98 Å². The van der Waals surface area contributed by atoms with Gasteiger partial charge in [-0.15, -0.1) is 0 Å². The lowest BCUT2D eigenvalue weighted by molar-refractivity contribution is 0.474. The van der Waals surface area contributed by atoms with Gasteiger partial charge in [0.25, 0.3) is 0 Å². The van der Waals surface area contributed by atoms with Crippen molar-refractivity contribution in [1.82, 2.24) is 14.9 Å². The van der Waals surface area contributed by atoms with Crippen molar-refractivity contribution in [3.05, 3.63) is 48.0 Å². The Bertz CT molecular complexity index is 533. The van der Waals surface area contributed by atoms with Crippen molar-refractivity contribution in [3.8, 4) is 5.75 Å². The van der Waals surface area contributed by atoms with E-state index in [-0.39, 0.29) is 0 Å². The molecule has 0 saturated carbocycles. The van der Waals surface area contributed by atoms with Crippen LogP contribution in [0.4, 0.5) is 0 Å². The Labute approximate surface area is 126 Å². The van der Waals surface area contributed by atoms with Gasteiger partial charge in [0.15, 0.2) is 0 Å². The average Bonchev–Trinajstić information content (AvgIpc) is 2.92. The number of aromatic nitrogens is 2. The molecule has 2 rings (SSSR count). The van der Waals surface area contributed by atoms with Crippen LogP contribution in [0.2, 0.25) is 0 Å². The van der Waals surface area contributed by atoms with Crippen molar-refractivity contribution in [2.45, 2.75) is 52.2 Å². The molecule has 0 radical (unpaired) electrons. The van der Waals surface area contributed by atoms with Gasteiger partial charge in [0.2, 0.25) is 0 Å². The van der Waals surface area contributed by atoms with Crippen molar-refractivity contribution >= 4 is 0 Å². The maximum absolute atomic E-state index is 9.27. The van der Waals surface area contributed by atoms with E-state index in [2.05, 4.69) is 28.7 Å². The lowest BCUT2D eigenvalue weighted by atomic mass is 10.1. The van der Waals surface area contributed by atoms with E-state index in [9.17, 15) is 5.11 Å². The van der Waals surface area contributed by atoms with Gasteiger partial charge in [-0.3, -0.25) is 0 Å². The van der Waals surface area contributed by atoms with Gasteiger partial charge in [0, 0.05) is 25.3 Å². The molecule has 0 aliphatic rings. The van der Waals surface area contributed by atoms with E-state index in [0.717, 1.165) is 32.4 Å². The molecule has 1 heterocycles. The summed E-state index contributed by atoms with van der Waals surface area (Å²) >= 11 is 0. The van der Waals surface area contributed by atoms with Crippen LogP contribution < -0.4 is 5.32 Å². The highest BCUT2D eigenvalue weighted by Gasteiger charge is 2.05. The van der Waals surface area contributed by atoms with E-state index in [1.807, 2.05) is 24.7 Å². The quantitative estimate of drug-likeness (QED) is 0.784. The number of benzene rings is 1. The highest BCUT2D eigenvalue weighted by Crippen LogP contribution is 2.12. The molecule has 1 atom stereocenters. The van der Waals surface area contributed by atoms with Crippen LogP contribution >= 0.6 is 0 Å². The summed E-state index contributed by atoms with van der Waals surface area (Å²) in [4.78, 5) is 4.22. The number of rotatable bonds is 8. The number of phenolic OH excluding ortho intramolecular Hbond substituents is 1. The Morgan fingerprint density at radius 3 is 2.76 bits per heavy atom. The number of nitrogens with one attached hydrogen (secondary N) is 1. The number of aryl methyl sites for hydroxylation is 2. The number of phenols is 1. The first-order chi connectivity index (χ1) is 10.2. The molecule has 0 bridgehead atoms. The van der Waals surface area contributed by atoms with Gasteiger partial charge in [0.1, 0.15) is 5.75 Å². The van der Waals surface area contributed by atoms with E-state index >= 15 is 0 Å². The van der Waals surface area contributed by atoms with Crippen LogP contribution in [-0.4, -0.2) is 20.7 Å². The molecular formula is C17H25N3O. The Kier molecular flexibility index (Phi) is 5.81. The zero-order chi connectivity index (χ0) is 15.1. The predicted octanol–water partition coefficient (Wildman–Crippen LogP) is 3.11. The van der Waals surface area contributed by atoms with Gasteiger partial charge in [0.05, 0.1) is 12.0 Å². The summed E-state index contributed by atoms with van der Waals surface area (Å²) in [7, 11) is 0. The number of hydrogen-bond donors (Lipinski definition) is 2. The molecule has 0 aliphatic carbocycles. The lowest BCUT2D eigenvalue weighted by Crippen LogP contribution is -2.27. The maximum atomic E-state index is 9.27. The van der Waals surface area contributed by atoms with E-state index in [0.29, 0.717) is 11.8 Å². The van der Waals surface area contributed by atoms with Crippen LogP contribution in [0.5, 0.6) is 5.75 Å². The van der Waals surface area contributed by atoms with Crippen molar-refractivity contribution in [1.29, 1.82) is 0 Å². The molecule has 0 spiro atoms. The molecule has 2 N–H and O–H groups in total. The fourth-order valence-corrected chi connectivity index (χ4v) is 2.36. The predicted molar refractivity (Wildman–Crippen MR) is 85.2 cm³/mol. The Morgan fingerprint density at radius 2 is 2.05 bits per heavy atom. The second-order valence-electron chi connectivity index (χ2n) is 5.57. The summed E-state index contributed by atoms with van der Waals surface area (Å²) in [5, 5.41) is 12.8. The second-order valence-corrected chi connectivity index (χ2v) is 5.57. The van der Waals surface area contributed by atoms with Crippen LogP contribution in [0.3, 0.4) is 0 Å². The van der Waals surface area contributed by atoms with Crippen LogP contribution in [0, 0.1) is 0 Å². The maximum Gasteiger partial charge on any atom is 0.115 e. The highest BCUT2D eigenvalue weighted by atomic mass is 16.3. The van der Waals surface area contributed by atoms with Crippen molar-refractivity contribution in [2.75, 3.05) is 0 Å². The SMILES string of the molecule is CCCn1cncc1CNC(C)CCc1ccc(O)cc1. The Morgan fingerprint density at radius 1 is 1.29 bits per heavy atom. The summed E-state index contributed by atoms with van der Waals surface area (Å²) in [6, 6.07) is 7.91. The lowest BCUT2D eigenvalue weighted by Gasteiger charge is -2.15. The van der Waals surface area contributed by atoms with Gasteiger partial charge in [-0.2, -0.15) is 0 Å². The van der Waals surface area contributed by atoms with Gasteiger partial charge in [-0.05, 0) is 43.9 Å². The first kappa shape index (κ1) is 15.6. The zero-order valence-corrected chi connectivity index (χ0v) is 12.9. The number of hydrogen-bond acceptors (Lipinski definition) is 3. The molecule has 21 heavy (non-hydrogen) atoms. The van der Waals surface area contributed by atoms with Crippen LogP contribution in [0.15, 0.2) is 36.8 Å². The normalized spacial score (nSPS) is 12.5. The second kappa shape index (κ2) is 7.84. The monoisotopic (exact) mass is 287 g/mol. The molecular weight excluding hydrogens is 262 g/mol. The van der Waals surface area contributed by atoms with Gasteiger partial charge >= 0.3 is 0 Å². The topological polar surface area (TPSA) is 50.1 Å². The molecule has 1 aromatic carbocycles. The molecule has 1 aromatic heterocycles. The Hall–Kier alpha value is -1.81. The smallest absolute Gasteiger partial charge is 0.115 e. The molecule has 0 amide bonds. The first-order valence-electron chi connectivity index (χ1n) is 7.69. The molecule has 0 aliphatic heterocycles. The number of imidazole rings is 1. The summed E-state index contributed by atoms with van der Waals surface area (Å²) < 4.78 is 2.21. The fraction of sp³-hybridized carbons (Fsp3) is 0.471. The van der Waals surface area contributed by atoms with E-state index in [1.165, 1.54) is 11.3 Å². The third-order valence-corrected chi connectivity index (χ3v) is 3.70. The minimum Gasteiger partial charge on any atom is -0.508 e. The summed E-state index contributed by atoms with van der Waals surface area (Å²) in [6.07, 6.45) is 7.06. The van der Waals surface area contributed by atoms with Crippen molar-refractivity contribution in [3.63, 3.8) is 0 Å². The third kappa shape index (κ3) is 4.90. The fourth-order valence-electron chi connectivity index (χ4n) is 2.36. The zero-order valence-electron chi connectivity index (χ0n) is 12.9. The third-order valence-electron chi connectivity index (χ3n) is 3.70. The largest absolute Gasteiger partial charge is 0.508 e. The summed E-state index contributed by atoms with van der Waals surface area (Å²) in [6.45, 7) is 6.27. The van der Waals surface area contributed by atoms with E-state index in [4.69, 9.17) is 0 Å². The molecule has 1 unspecified atom stereocenters. The summed E-state index contributed by atoms with van der Waals surface area (Å²) in [5.74, 6) is 0.328. The summed E-state index contributed by atoms with van der Waals surface area (Å²) in [5.41, 5.74) is 2.51. The molecule has 0 saturated heterocycles. The number of aromatic hydroxyl groups is 1. The van der Waals surface area contributed by atoms with Gasteiger partial charge < -0.3 is 15.0 Å². The minimum atomic E-state index is 0.328. The molecule has 114 valence electrons. The van der Waals surface area contributed by atoms with Crippen LogP contribution in [-0.2, 0) is 19.5 Å². The van der Waals surface area contributed by atoms with Crippen LogP contribution in [0.1, 0.15) is 37.9 Å². The molecule has 4 nitrogen and oxygen atoms in total. The molecule has 4 heteroatoms. The van der Waals surface area contributed by atoms with Crippen molar-refractivity contribution < 1.29 is 5.11 Å². The van der Waals surface area contributed by atoms with Crippen LogP contribution in [0.25, 0.3) is 0 Å². The minimum absolute atomic E-state index is 0.328. The standard InChI is InChI=1S/C17H25N3O/c1-3-10-20-13-18-11-16(20)12-19-14(2)4-5-15-6-8-17(21)9-7-15/h6-9,11,13-14,19,21H,3-5,10,12H2,1-2H3. The van der Waals surface area contributed by atoms with Gasteiger partial charge in [-0.1, -0.05) is 19.1 Å². The van der Waals surface area contributed by atoms with E-state index in [1.54, 1.807) is 12.1 Å². The average molecular weight is 287 g/mol. The molecule has 0 fully saturated rings.